The molecule has 0 aliphatic rings. The number of nitrogens with zero attached hydrogens (tertiary/aromatic N) is 1. The topological polar surface area (TPSA) is 64.1 Å². The van der Waals surface area contributed by atoms with Crippen LogP contribution < -0.4 is 11.3 Å². The Balaban J connectivity index is 2.20. The molecule has 2 aromatic heterocycles. The Kier molecular flexibility index (Phi) is 3.34. The summed E-state index contributed by atoms with van der Waals surface area (Å²) in [5, 5.41) is 0. The monoisotopic (exact) mass is 217 g/mol. The summed E-state index contributed by atoms with van der Waals surface area (Å²) in [6, 6.07) is 7.72. The largest absolute Gasteiger partial charge is 0.469 e. The minimum Gasteiger partial charge on any atom is -0.469 e. The number of nitrogens with two attached hydrogens (primary N) is 1. The summed E-state index contributed by atoms with van der Waals surface area (Å²) in [5.74, 6) is 6.45. The number of nitrogens with one attached hydrogen (secondary N) is 1. The van der Waals surface area contributed by atoms with Crippen LogP contribution in [0.3, 0.4) is 0 Å². The molecule has 0 saturated heterocycles. The van der Waals surface area contributed by atoms with Crippen molar-refractivity contribution in [1.29, 1.82) is 0 Å². The normalized spacial score (nSPS) is 12.6. The minimum atomic E-state index is -0.0210. The number of rotatable bonds is 4. The van der Waals surface area contributed by atoms with E-state index in [-0.39, 0.29) is 6.04 Å². The maximum Gasteiger partial charge on any atom is 0.105 e. The molecule has 0 radical (unpaired) electrons. The summed E-state index contributed by atoms with van der Waals surface area (Å²) >= 11 is 0. The minimum absolute atomic E-state index is 0.0210. The van der Waals surface area contributed by atoms with E-state index in [0.29, 0.717) is 6.42 Å². The van der Waals surface area contributed by atoms with E-state index in [4.69, 9.17) is 10.3 Å². The molecule has 1 unspecified atom stereocenters. The molecule has 84 valence electrons. The first kappa shape index (κ1) is 10.9. The molecule has 16 heavy (non-hydrogen) atoms. The first-order chi connectivity index (χ1) is 7.81. The van der Waals surface area contributed by atoms with E-state index in [1.165, 1.54) is 0 Å². The molecule has 0 fully saturated rings. The van der Waals surface area contributed by atoms with E-state index in [9.17, 15) is 0 Å². The third-order valence-corrected chi connectivity index (χ3v) is 2.57. The number of aryl methyl sites for hydroxylation is 1. The molecule has 0 aromatic carbocycles. The average molecular weight is 217 g/mol. The Hall–Kier alpha value is -1.65. The van der Waals surface area contributed by atoms with E-state index in [1.807, 2.05) is 31.2 Å². The number of furan rings is 1. The Morgan fingerprint density at radius 2 is 2.31 bits per heavy atom. The molecule has 0 saturated carbocycles. The van der Waals surface area contributed by atoms with Gasteiger partial charge in [-0.05, 0) is 30.7 Å². The van der Waals surface area contributed by atoms with E-state index in [1.54, 1.807) is 12.5 Å². The van der Waals surface area contributed by atoms with Crippen LogP contribution in [0.4, 0.5) is 0 Å². The molecule has 4 nitrogen and oxygen atoms in total. The van der Waals surface area contributed by atoms with Gasteiger partial charge in [0.25, 0.3) is 0 Å². The molecule has 4 heteroatoms. The second-order valence-electron chi connectivity index (χ2n) is 3.71. The Bertz CT molecular complexity index is 439. The fraction of sp³-hybridized carbons (Fsp3) is 0.250. The van der Waals surface area contributed by atoms with Crippen molar-refractivity contribution in [3.63, 3.8) is 0 Å². The fourth-order valence-corrected chi connectivity index (χ4v) is 1.73. The maximum atomic E-state index is 5.56. The zero-order valence-electron chi connectivity index (χ0n) is 9.18. The van der Waals surface area contributed by atoms with Gasteiger partial charge in [0, 0.05) is 12.6 Å². The third-order valence-electron chi connectivity index (χ3n) is 2.57. The van der Waals surface area contributed by atoms with Gasteiger partial charge in [0.1, 0.15) is 5.76 Å². The number of hydrogen-bond donors (Lipinski definition) is 2. The molecular formula is C12H15N3O. The highest BCUT2D eigenvalue weighted by Gasteiger charge is 2.15. The van der Waals surface area contributed by atoms with Crippen molar-refractivity contribution in [3.8, 4) is 0 Å². The van der Waals surface area contributed by atoms with E-state index in [2.05, 4.69) is 10.4 Å². The van der Waals surface area contributed by atoms with Gasteiger partial charge < -0.3 is 4.42 Å². The average Bonchev–Trinajstić information content (AvgIpc) is 2.80. The van der Waals surface area contributed by atoms with Crippen molar-refractivity contribution in [1.82, 2.24) is 10.4 Å². The van der Waals surface area contributed by atoms with Gasteiger partial charge in [-0.15, -0.1) is 0 Å². The van der Waals surface area contributed by atoms with Crippen molar-refractivity contribution in [3.05, 3.63) is 53.7 Å². The zero-order valence-corrected chi connectivity index (χ0v) is 9.18. The number of pyridine rings is 1. The van der Waals surface area contributed by atoms with Crippen LogP contribution in [-0.2, 0) is 6.42 Å². The van der Waals surface area contributed by atoms with Crippen LogP contribution in [0.15, 0.2) is 41.1 Å². The predicted molar refractivity (Wildman–Crippen MR) is 61.5 cm³/mol. The quantitative estimate of drug-likeness (QED) is 0.604. The van der Waals surface area contributed by atoms with E-state index < -0.39 is 0 Å². The van der Waals surface area contributed by atoms with Crippen molar-refractivity contribution >= 4 is 0 Å². The lowest BCUT2D eigenvalue weighted by Crippen LogP contribution is -2.30. The molecule has 0 aliphatic heterocycles. The maximum absolute atomic E-state index is 5.56. The number of aromatic nitrogens is 1. The molecule has 0 spiro atoms. The Labute approximate surface area is 94.5 Å². The molecular weight excluding hydrogens is 202 g/mol. The molecule has 2 aromatic rings. The molecule has 2 rings (SSSR count). The summed E-state index contributed by atoms with van der Waals surface area (Å²) < 4.78 is 5.30. The zero-order chi connectivity index (χ0) is 11.4. The summed E-state index contributed by atoms with van der Waals surface area (Å²) in [5.41, 5.74) is 4.86. The third kappa shape index (κ3) is 2.29. The van der Waals surface area contributed by atoms with Crippen LogP contribution in [-0.4, -0.2) is 4.98 Å². The van der Waals surface area contributed by atoms with Gasteiger partial charge in [-0.2, -0.15) is 0 Å². The summed E-state index contributed by atoms with van der Waals surface area (Å²) in [7, 11) is 0. The number of hydrazine groups is 1. The summed E-state index contributed by atoms with van der Waals surface area (Å²) in [6.07, 6.45) is 4.13. The summed E-state index contributed by atoms with van der Waals surface area (Å²) in [6.45, 7) is 2.02. The van der Waals surface area contributed by atoms with Gasteiger partial charge in [-0.3, -0.25) is 16.3 Å². The van der Waals surface area contributed by atoms with Crippen molar-refractivity contribution in [2.45, 2.75) is 19.4 Å². The fourth-order valence-electron chi connectivity index (χ4n) is 1.73. The Morgan fingerprint density at radius 1 is 1.44 bits per heavy atom. The summed E-state index contributed by atoms with van der Waals surface area (Å²) in [4.78, 5) is 4.35. The smallest absolute Gasteiger partial charge is 0.105 e. The first-order valence-electron chi connectivity index (χ1n) is 5.21. The van der Waals surface area contributed by atoms with Gasteiger partial charge in [0.2, 0.25) is 0 Å². The van der Waals surface area contributed by atoms with Crippen LogP contribution in [0, 0.1) is 6.92 Å². The molecule has 3 N–H and O–H groups in total. The lowest BCUT2D eigenvalue weighted by atomic mass is 10.0. The standard InChI is InChI=1S/C12H15N3O/c1-9-4-2-6-14-12(9)11(15-13)8-10-5-3-7-16-10/h2-7,11,15H,8,13H2,1H3. The van der Waals surface area contributed by atoms with Crippen molar-refractivity contribution in [2.24, 2.45) is 5.84 Å². The highest BCUT2D eigenvalue weighted by atomic mass is 16.3. The van der Waals surface area contributed by atoms with Crippen LogP contribution >= 0.6 is 0 Å². The molecule has 0 aliphatic carbocycles. The van der Waals surface area contributed by atoms with Gasteiger partial charge >= 0.3 is 0 Å². The SMILES string of the molecule is Cc1cccnc1C(Cc1ccco1)NN. The van der Waals surface area contributed by atoms with E-state index >= 15 is 0 Å². The highest BCUT2D eigenvalue weighted by Crippen LogP contribution is 2.18. The van der Waals surface area contributed by atoms with Gasteiger partial charge in [0.05, 0.1) is 18.0 Å². The van der Waals surface area contributed by atoms with Gasteiger partial charge in [-0.1, -0.05) is 6.07 Å². The van der Waals surface area contributed by atoms with Crippen LogP contribution in [0.1, 0.15) is 23.1 Å². The van der Waals surface area contributed by atoms with Gasteiger partial charge in [-0.25, -0.2) is 0 Å². The number of hydrogen-bond acceptors (Lipinski definition) is 4. The predicted octanol–water partition coefficient (Wildman–Crippen LogP) is 1.73. The lowest BCUT2D eigenvalue weighted by Gasteiger charge is -2.15. The Morgan fingerprint density at radius 3 is 2.94 bits per heavy atom. The lowest BCUT2D eigenvalue weighted by molar-refractivity contribution is 0.448. The van der Waals surface area contributed by atoms with Crippen molar-refractivity contribution < 1.29 is 4.42 Å². The first-order valence-corrected chi connectivity index (χ1v) is 5.21. The molecule has 0 amide bonds. The molecule has 2 heterocycles. The second kappa shape index (κ2) is 4.92. The van der Waals surface area contributed by atoms with Crippen LogP contribution in [0.5, 0.6) is 0 Å². The van der Waals surface area contributed by atoms with Crippen LogP contribution in [0.25, 0.3) is 0 Å². The molecule has 0 bridgehead atoms. The van der Waals surface area contributed by atoms with E-state index in [0.717, 1.165) is 17.0 Å². The second-order valence-corrected chi connectivity index (χ2v) is 3.71. The molecule has 1 atom stereocenters. The van der Waals surface area contributed by atoms with Gasteiger partial charge in [0.15, 0.2) is 0 Å². The highest BCUT2D eigenvalue weighted by molar-refractivity contribution is 5.22. The van der Waals surface area contributed by atoms with Crippen molar-refractivity contribution in [2.75, 3.05) is 0 Å². The van der Waals surface area contributed by atoms with Crippen LogP contribution in [0.2, 0.25) is 0 Å².